The highest BCUT2D eigenvalue weighted by molar-refractivity contribution is 5.85. The Morgan fingerprint density at radius 1 is 1.36 bits per heavy atom. The number of carbonyl (C=O) groups is 1. The number of carbonyl (C=O) groups excluding carboxylic acids is 1. The molecule has 0 spiro atoms. The van der Waals surface area contributed by atoms with Gasteiger partial charge in [0, 0.05) is 18.2 Å². The van der Waals surface area contributed by atoms with E-state index < -0.39 is 0 Å². The van der Waals surface area contributed by atoms with Crippen molar-refractivity contribution in [2.75, 3.05) is 19.6 Å². The van der Waals surface area contributed by atoms with E-state index in [0.717, 1.165) is 32.4 Å². The average Bonchev–Trinajstić information content (AvgIpc) is 2.52. The third kappa shape index (κ3) is 5.14. The predicted octanol–water partition coefficient (Wildman–Crippen LogP) is 3.35. The molecule has 1 saturated heterocycles. The van der Waals surface area contributed by atoms with Crippen LogP contribution in [0.4, 0.5) is 9.18 Å². The number of halogens is 2. The van der Waals surface area contributed by atoms with Crippen LogP contribution in [0.25, 0.3) is 0 Å². The summed E-state index contributed by atoms with van der Waals surface area (Å²) < 4.78 is 18.8. The van der Waals surface area contributed by atoms with Crippen LogP contribution in [0.1, 0.15) is 31.7 Å². The minimum atomic E-state index is -0.341. The Morgan fingerprint density at radius 3 is 2.68 bits per heavy atom. The minimum absolute atomic E-state index is 0. The first-order valence-electron chi connectivity index (χ1n) is 7.60. The molecule has 6 heteroatoms. The van der Waals surface area contributed by atoms with Crippen LogP contribution < -0.4 is 5.32 Å². The summed E-state index contributed by atoms with van der Waals surface area (Å²) in [6, 6.07) is 6.60. The maximum absolute atomic E-state index is 13.5. The monoisotopic (exact) mass is 330 g/mol. The second-order valence-corrected chi connectivity index (χ2v) is 5.32. The van der Waals surface area contributed by atoms with Crippen molar-refractivity contribution in [2.24, 2.45) is 0 Å². The molecule has 1 heterocycles. The van der Waals surface area contributed by atoms with Gasteiger partial charge in [0.15, 0.2) is 0 Å². The zero-order valence-corrected chi connectivity index (χ0v) is 13.7. The molecule has 4 nitrogen and oxygen atoms in total. The van der Waals surface area contributed by atoms with E-state index in [9.17, 15) is 9.18 Å². The van der Waals surface area contributed by atoms with Gasteiger partial charge in [0.05, 0.1) is 0 Å². The van der Waals surface area contributed by atoms with Crippen molar-refractivity contribution in [2.45, 2.75) is 38.8 Å². The molecular formula is C16H24ClFN2O2. The van der Waals surface area contributed by atoms with Gasteiger partial charge < -0.3 is 15.0 Å². The molecule has 1 aromatic carbocycles. The number of piperidine rings is 1. The van der Waals surface area contributed by atoms with E-state index >= 15 is 0 Å². The van der Waals surface area contributed by atoms with Gasteiger partial charge in [-0.25, -0.2) is 9.18 Å². The van der Waals surface area contributed by atoms with Gasteiger partial charge in [-0.1, -0.05) is 25.1 Å². The molecule has 1 aromatic rings. The van der Waals surface area contributed by atoms with Crippen LogP contribution in [-0.2, 0) is 11.3 Å². The van der Waals surface area contributed by atoms with Crippen molar-refractivity contribution in [3.05, 3.63) is 35.6 Å². The molecule has 2 rings (SSSR count). The van der Waals surface area contributed by atoms with Gasteiger partial charge in [-0.15, -0.1) is 12.4 Å². The van der Waals surface area contributed by atoms with E-state index in [2.05, 4.69) is 5.32 Å². The predicted molar refractivity (Wildman–Crippen MR) is 86.7 cm³/mol. The van der Waals surface area contributed by atoms with Crippen LogP contribution in [0.3, 0.4) is 0 Å². The van der Waals surface area contributed by atoms with Crippen molar-refractivity contribution in [1.82, 2.24) is 10.2 Å². The molecule has 1 N–H and O–H groups in total. The van der Waals surface area contributed by atoms with Crippen molar-refractivity contribution in [1.29, 1.82) is 0 Å². The highest BCUT2D eigenvalue weighted by atomic mass is 35.5. The van der Waals surface area contributed by atoms with Gasteiger partial charge in [-0.2, -0.15) is 0 Å². The summed E-state index contributed by atoms with van der Waals surface area (Å²) in [4.78, 5) is 14.1. The van der Waals surface area contributed by atoms with E-state index in [4.69, 9.17) is 4.74 Å². The van der Waals surface area contributed by atoms with E-state index in [1.165, 1.54) is 6.07 Å². The fourth-order valence-corrected chi connectivity index (χ4v) is 2.62. The van der Waals surface area contributed by atoms with Crippen LogP contribution in [0, 0.1) is 5.82 Å². The first-order chi connectivity index (χ1) is 10.2. The number of amides is 1. The number of nitrogens with one attached hydrogen (secondary N) is 1. The molecule has 1 aliphatic heterocycles. The molecule has 0 aliphatic carbocycles. The summed E-state index contributed by atoms with van der Waals surface area (Å²) in [5, 5.41) is 3.29. The molecule has 1 fully saturated rings. The molecule has 1 amide bonds. The van der Waals surface area contributed by atoms with Gasteiger partial charge >= 0.3 is 6.09 Å². The van der Waals surface area contributed by atoms with Gasteiger partial charge in [0.1, 0.15) is 12.4 Å². The third-order valence-electron chi connectivity index (χ3n) is 3.76. The maximum Gasteiger partial charge on any atom is 0.410 e. The first-order valence-corrected chi connectivity index (χ1v) is 7.60. The quantitative estimate of drug-likeness (QED) is 0.900. The molecule has 1 aliphatic rings. The zero-order valence-electron chi connectivity index (χ0n) is 12.9. The Morgan fingerprint density at radius 2 is 2.05 bits per heavy atom. The topological polar surface area (TPSA) is 41.6 Å². The first kappa shape index (κ1) is 18.7. The molecule has 124 valence electrons. The molecule has 22 heavy (non-hydrogen) atoms. The fraction of sp³-hybridized carbons (Fsp3) is 0.562. The van der Waals surface area contributed by atoms with Crippen LogP contribution in [0.15, 0.2) is 24.3 Å². The Balaban J connectivity index is 0.00000242. The average molecular weight is 331 g/mol. The fourth-order valence-electron chi connectivity index (χ4n) is 2.62. The molecule has 0 bridgehead atoms. The Labute approximate surface area is 137 Å². The largest absolute Gasteiger partial charge is 0.444 e. The van der Waals surface area contributed by atoms with Gasteiger partial charge in [-0.05, 0) is 38.4 Å². The normalized spacial score (nSPS) is 15.0. The van der Waals surface area contributed by atoms with Crippen molar-refractivity contribution in [3.8, 4) is 0 Å². The maximum atomic E-state index is 13.5. The number of hydrogen-bond donors (Lipinski definition) is 1. The lowest BCUT2D eigenvalue weighted by molar-refractivity contribution is 0.0727. The molecule has 0 aromatic heterocycles. The number of nitrogens with zero attached hydrogens (tertiary/aromatic N) is 1. The Hall–Kier alpha value is -1.33. The highest BCUT2D eigenvalue weighted by Gasteiger charge is 2.25. The van der Waals surface area contributed by atoms with Crippen LogP contribution in [-0.4, -0.2) is 36.7 Å². The van der Waals surface area contributed by atoms with E-state index in [1.807, 2.05) is 6.92 Å². The summed E-state index contributed by atoms with van der Waals surface area (Å²) >= 11 is 0. The lowest BCUT2D eigenvalue weighted by atomic mass is 10.1. The van der Waals surface area contributed by atoms with E-state index in [-0.39, 0.29) is 37.0 Å². The van der Waals surface area contributed by atoms with Crippen LogP contribution in [0.5, 0.6) is 0 Å². The summed E-state index contributed by atoms with van der Waals surface area (Å²) in [6.45, 7) is 4.55. The number of ether oxygens (including phenoxy) is 1. The Bertz CT molecular complexity index is 467. The second kappa shape index (κ2) is 9.64. The lowest BCUT2D eigenvalue weighted by Crippen LogP contribution is -2.46. The summed E-state index contributed by atoms with van der Waals surface area (Å²) in [5.74, 6) is -0.339. The standard InChI is InChI=1S/C16H23FN2O2.ClH/c1-2-11-19(14-7-9-18-10-8-14)16(20)21-12-13-5-3-4-6-15(13)17;/h3-6,14,18H,2,7-12H2,1H3;1H. The smallest absolute Gasteiger partial charge is 0.410 e. The third-order valence-corrected chi connectivity index (χ3v) is 3.76. The number of hydrogen-bond acceptors (Lipinski definition) is 3. The minimum Gasteiger partial charge on any atom is -0.444 e. The molecule has 0 unspecified atom stereocenters. The number of benzene rings is 1. The van der Waals surface area contributed by atoms with Gasteiger partial charge in [0.2, 0.25) is 0 Å². The Kier molecular flexibility index (Phi) is 8.20. The molecule has 0 radical (unpaired) electrons. The summed E-state index contributed by atoms with van der Waals surface area (Å²) in [7, 11) is 0. The highest BCUT2D eigenvalue weighted by Crippen LogP contribution is 2.15. The van der Waals surface area contributed by atoms with Crippen molar-refractivity contribution in [3.63, 3.8) is 0 Å². The zero-order chi connectivity index (χ0) is 15.1. The van der Waals surface area contributed by atoms with Gasteiger partial charge in [-0.3, -0.25) is 0 Å². The van der Waals surface area contributed by atoms with Crippen molar-refractivity contribution < 1.29 is 13.9 Å². The molecule has 0 saturated carbocycles. The van der Waals surface area contributed by atoms with Crippen molar-refractivity contribution >= 4 is 18.5 Å². The van der Waals surface area contributed by atoms with E-state index in [0.29, 0.717) is 12.1 Å². The summed E-state index contributed by atoms with van der Waals surface area (Å²) in [5.41, 5.74) is 0.410. The number of rotatable bonds is 5. The SMILES string of the molecule is CCCN(C(=O)OCc1ccccc1F)C1CCNCC1.Cl. The molecular weight excluding hydrogens is 307 g/mol. The second-order valence-electron chi connectivity index (χ2n) is 5.32. The lowest BCUT2D eigenvalue weighted by Gasteiger charge is -2.33. The summed E-state index contributed by atoms with van der Waals surface area (Å²) in [6.07, 6.45) is 2.43. The van der Waals surface area contributed by atoms with Crippen LogP contribution in [0.2, 0.25) is 0 Å². The molecule has 0 atom stereocenters. The van der Waals surface area contributed by atoms with Gasteiger partial charge in [0.25, 0.3) is 0 Å². The van der Waals surface area contributed by atoms with Crippen LogP contribution >= 0.6 is 12.4 Å². The van der Waals surface area contributed by atoms with E-state index in [1.54, 1.807) is 23.1 Å².